The van der Waals surface area contributed by atoms with E-state index < -0.39 is 15.8 Å². The zero-order chi connectivity index (χ0) is 12.5. The number of hydrogen-bond donors (Lipinski definition) is 2. The van der Waals surface area contributed by atoms with Crippen LogP contribution in [0.5, 0.6) is 0 Å². The Balaban J connectivity index is 2.35. The monoisotopic (exact) mass is 275 g/mol. The van der Waals surface area contributed by atoms with Gasteiger partial charge in [0.05, 0.1) is 10.6 Å². The highest BCUT2D eigenvalue weighted by atomic mass is 32.2. The fourth-order valence-corrected chi connectivity index (χ4v) is 2.62. The van der Waals surface area contributed by atoms with Crippen molar-refractivity contribution in [3.63, 3.8) is 0 Å². The number of nitrogens with zero attached hydrogens (tertiary/aromatic N) is 3. The zero-order valence-electron chi connectivity index (χ0n) is 8.16. The maximum absolute atomic E-state index is 13.1. The Morgan fingerprint density at radius 3 is 2.76 bits per heavy atom. The van der Waals surface area contributed by atoms with Gasteiger partial charge in [-0.2, -0.15) is 0 Å². The largest absolute Gasteiger partial charge is 0.396 e. The van der Waals surface area contributed by atoms with Gasteiger partial charge in [0.15, 0.2) is 0 Å². The number of sulfonamides is 1. The van der Waals surface area contributed by atoms with E-state index in [-0.39, 0.29) is 15.7 Å². The summed E-state index contributed by atoms with van der Waals surface area (Å²) in [6.45, 7) is 0. The second-order valence-corrected chi connectivity index (χ2v) is 5.37. The van der Waals surface area contributed by atoms with Crippen molar-refractivity contribution in [3.8, 4) is 0 Å². The summed E-state index contributed by atoms with van der Waals surface area (Å²) in [5.74, 6) is -0.803. The van der Waals surface area contributed by atoms with Gasteiger partial charge in [0.2, 0.25) is 5.13 Å². The van der Waals surface area contributed by atoms with Crippen molar-refractivity contribution in [1.82, 2.24) is 14.8 Å². The van der Waals surface area contributed by atoms with Gasteiger partial charge in [-0.3, -0.25) is 4.72 Å². The van der Waals surface area contributed by atoms with E-state index in [1.54, 1.807) is 0 Å². The van der Waals surface area contributed by atoms with Crippen molar-refractivity contribution in [1.29, 1.82) is 0 Å². The molecule has 0 aliphatic rings. The molecule has 0 saturated carbocycles. The van der Waals surface area contributed by atoms with Gasteiger partial charge in [-0.15, -0.1) is 0 Å². The highest BCUT2D eigenvalue weighted by molar-refractivity contribution is 7.93. The van der Waals surface area contributed by atoms with E-state index in [1.165, 1.54) is 12.1 Å². The molecule has 0 saturated heterocycles. The Kier molecular flexibility index (Phi) is 2.90. The minimum atomic E-state index is -3.90. The Morgan fingerprint density at radius 1 is 1.41 bits per heavy atom. The van der Waals surface area contributed by atoms with Crippen LogP contribution in [0.1, 0.15) is 0 Å². The average Bonchev–Trinajstić information content (AvgIpc) is 2.73. The van der Waals surface area contributed by atoms with E-state index in [9.17, 15) is 12.8 Å². The van der Waals surface area contributed by atoms with E-state index in [4.69, 9.17) is 5.73 Å². The molecule has 0 aliphatic heterocycles. The van der Waals surface area contributed by atoms with E-state index >= 15 is 0 Å². The third-order valence-electron chi connectivity index (χ3n) is 1.80. The molecule has 0 radical (unpaired) electrons. The summed E-state index contributed by atoms with van der Waals surface area (Å²) in [6, 6.07) is 3.18. The summed E-state index contributed by atoms with van der Waals surface area (Å²) in [5.41, 5.74) is 5.12. The fourth-order valence-electron chi connectivity index (χ4n) is 1.02. The molecule has 1 aromatic carbocycles. The first kappa shape index (κ1) is 11.7. The standard InChI is InChI=1S/C7H6FN5O2S2/c8-5-3-4(1-2-6(5)9)17(14,15)11-7-10-12-13-16-7/h1-3H,9H2,(H,10,11,13). The van der Waals surface area contributed by atoms with Gasteiger partial charge in [-0.05, 0) is 23.4 Å². The SMILES string of the molecule is Nc1ccc(S(=O)(=O)Nc2nnns2)cc1F. The molecule has 0 bridgehead atoms. The van der Waals surface area contributed by atoms with Gasteiger partial charge in [-0.25, -0.2) is 12.8 Å². The molecule has 2 aromatic rings. The minimum absolute atomic E-state index is 0.00207. The lowest BCUT2D eigenvalue weighted by Gasteiger charge is -2.05. The number of rotatable bonds is 3. The molecule has 90 valence electrons. The highest BCUT2D eigenvalue weighted by Gasteiger charge is 2.17. The van der Waals surface area contributed by atoms with Crippen molar-refractivity contribution in [2.45, 2.75) is 4.90 Å². The molecule has 7 nitrogen and oxygen atoms in total. The molecule has 10 heteroatoms. The third-order valence-corrected chi connectivity index (χ3v) is 3.78. The van der Waals surface area contributed by atoms with Crippen LogP contribution in [0.25, 0.3) is 0 Å². The second kappa shape index (κ2) is 4.22. The van der Waals surface area contributed by atoms with Gasteiger partial charge >= 0.3 is 0 Å². The predicted octanol–water partition coefficient (Wildman–Crippen LogP) is 0.455. The van der Waals surface area contributed by atoms with E-state index in [0.717, 1.165) is 17.6 Å². The number of benzene rings is 1. The number of nitrogens with one attached hydrogen (secondary N) is 1. The molecule has 0 fully saturated rings. The van der Waals surface area contributed by atoms with Crippen LogP contribution in [-0.4, -0.2) is 23.2 Å². The van der Waals surface area contributed by atoms with Gasteiger partial charge < -0.3 is 5.73 Å². The predicted molar refractivity (Wildman–Crippen MR) is 59.3 cm³/mol. The Hall–Kier alpha value is -1.81. The van der Waals surface area contributed by atoms with Crippen LogP contribution >= 0.6 is 11.5 Å². The number of hydrogen-bond acceptors (Lipinski definition) is 7. The van der Waals surface area contributed by atoms with Gasteiger partial charge in [0, 0.05) is 11.5 Å². The van der Waals surface area contributed by atoms with Gasteiger partial charge in [0.1, 0.15) is 5.82 Å². The first-order valence-corrected chi connectivity index (χ1v) is 6.47. The normalized spacial score (nSPS) is 11.4. The number of aromatic nitrogens is 3. The summed E-state index contributed by atoms with van der Waals surface area (Å²) in [6.07, 6.45) is 0. The van der Waals surface area contributed by atoms with Crippen LogP contribution in [0, 0.1) is 5.82 Å². The van der Waals surface area contributed by atoms with Crippen molar-refractivity contribution in [2.24, 2.45) is 0 Å². The van der Waals surface area contributed by atoms with E-state index in [1.807, 2.05) is 0 Å². The molecule has 17 heavy (non-hydrogen) atoms. The fraction of sp³-hybridized carbons (Fsp3) is 0. The van der Waals surface area contributed by atoms with Crippen molar-refractivity contribution in [2.75, 3.05) is 10.5 Å². The molecule has 1 heterocycles. The summed E-state index contributed by atoms with van der Waals surface area (Å²) in [7, 11) is -3.90. The quantitative estimate of drug-likeness (QED) is 0.787. The molecule has 0 unspecified atom stereocenters. The topological polar surface area (TPSA) is 111 Å². The Bertz CT molecular complexity index is 628. The smallest absolute Gasteiger partial charge is 0.263 e. The Morgan fingerprint density at radius 2 is 2.18 bits per heavy atom. The lowest BCUT2D eigenvalue weighted by atomic mass is 10.3. The lowest BCUT2D eigenvalue weighted by Crippen LogP contribution is -2.13. The molecular formula is C7H6FN5O2S2. The van der Waals surface area contributed by atoms with Crippen molar-refractivity contribution >= 4 is 32.4 Å². The van der Waals surface area contributed by atoms with E-state index in [0.29, 0.717) is 0 Å². The number of anilines is 2. The molecule has 0 atom stereocenters. The second-order valence-electron chi connectivity index (χ2n) is 2.96. The average molecular weight is 275 g/mol. The van der Waals surface area contributed by atoms with Crippen LogP contribution in [0.2, 0.25) is 0 Å². The molecule has 3 N–H and O–H groups in total. The zero-order valence-corrected chi connectivity index (χ0v) is 9.79. The number of nitrogens with two attached hydrogens (primary N) is 1. The molecule has 0 amide bonds. The number of nitrogen functional groups attached to an aromatic ring is 1. The van der Waals surface area contributed by atoms with Gasteiger partial charge in [-0.1, -0.05) is 9.59 Å². The van der Waals surface area contributed by atoms with Crippen LogP contribution in [0.15, 0.2) is 23.1 Å². The van der Waals surface area contributed by atoms with Crippen molar-refractivity contribution in [3.05, 3.63) is 24.0 Å². The first-order chi connectivity index (χ1) is 7.99. The molecule has 0 spiro atoms. The summed E-state index contributed by atoms with van der Waals surface area (Å²) in [5, 5.41) is 6.65. The molecule has 1 aromatic heterocycles. The molecular weight excluding hydrogens is 269 g/mol. The van der Waals surface area contributed by atoms with Crippen LogP contribution in [0.3, 0.4) is 0 Å². The summed E-state index contributed by atoms with van der Waals surface area (Å²) < 4.78 is 42.1. The minimum Gasteiger partial charge on any atom is -0.396 e. The molecule has 0 aliphatic carbocycles. The van der Waals surface area contributed by atoms with Crippen LogP contribution in [0.4, 0.5) is 15.2 Å². The van der Waals surface area contributed by atoms with Crippen LogP contribution in [-0.2, 0) is 10.0 Å². The molecule has 2 rings (SSSR count). The van der Waals surface area contributed by atoms with E-state index in [2.05, 4.69) is 19.5 Å². The number of halogens is 1. The van der Waals surface area contributed by atoms with Crippen LogP contribution < -0.4 is 10.5 Å². The lowest BCUT2D eigenvalue weighted by molar-refractivity contribution is 0.596. The van der Waals surface area contributed by atoms with Gasteiger partial charge in [0.25, 0.3) is 10.0 Å². The summed E-state index contributed by atoms with van der Waals surface area (Å²) >= 11 is 0.771. The Labute approximate surface area is 99.7 Å². The maximum atomic E-state index is 13.1. The van der Waals surface area contributed by atoms with Crippen molar-refractivity contribution < 1.29 is 12.8 Å². The maximum Gasteiger partial charge on any atom is 0.263 e. The first-order valence-electron chi connectivity index (χ1n) is 4.22. The third kappa shape index (κ3) is 2.47. The summed E-state index contributed by atoms with van der Waals surface area (Å²) in [4.78, 5) is -0.251. The highest BCUT2D eigenvalue weighted by Crippen LogP contribution is 2.19.